The molecule has 0 fully saturated rings. The van der Waals surface area contributed by atoms with Crippen LogP contribution in [-0.4, -0.2) is 36.9 Å². The van der Waals surface area contributed by atoms with Crippen LogP contribution >= 0.6 is 11.8 Å². The molecule has 0 aliphatic heterocycles. The Morgan fingerprint density at radius 1 is 1.23 bits per heavy atom. The summed E-state index contributed by atoms with van der Waals surface area (Å²) in [7, 11) is 1.56. The molecule has 1 heterocycles. The summed E-state index contributed by atoms with van der Waals surface area (Å²) in [5.74, 6) is 1.09. The maximum Gasteiger partial charge on any atom is 0.417 e. The topological polar surface area (TPSA) is 60.5 Å². The van der Waals surface area contributed by atoms with Crippen LogP contribution < -0.4 is 14.8 Å². The quantitative estimate of drug-likeness (QED) is 0.557. The van der Waals surface area contributed by atoms with Gasteiger partial charge in [0.1, 0.15) is 18.1 Å². The van der Waals surface area contributed by atoms with Crippen LogP contribution in [0.2, 0.25) is 0 Å². The fourth-order valence-electron chi connectivity index (χ4n) is 1.87. The number of alkyl halides is 3. The zero-order valence-corrected chi connectivity index (χ0v) is 14.7. The maximum absolute atomic E-state index is 12.4. The molecule has 9 heteroatoms. The van der Waals surface area contributed by atoms with Gasteiger partial charge in [-0.1, -0.05) is 17.8 Å². The zero-order valence-electron chi connectivity index (χ0n) is 13.9. The van der Waals surface area contributed by atoms with Crippen molar-refractivity contribution < 1.29 is 27.4 Å². The van der Waals surface area contributed by atoms with Gasteiger partial charge in [0, 0.05) is 12.3 Å². The Balaban J connectivity index is 1.67. The number of carbonyl (C=O) groups excluding carboxylic acids is 1. The number of pyridine rings is 1. The number of ether oxygens (including phenoxy) is 2. The van der Waals surface area contributed by atoms with Gasteiger partial charge in [0.25, 0.3) is 0 Å². The van der Waals surface area contributed by atoms with Gasteiger partial charge in [-0.05, 0) is 24.3 Å². The number of halogens is 3. The van der Waals surface area contributed by atoms with Crippen molar-refractivity contribution in [3.63, 3.8) is 0 Å². The number of hydrogen-bond acceptors (Lipinski definition) is 5. The highest BCUT2D eigenvalue weighted by atomic mass is 32.2. The van der Waals surface area contributed by atoms with Gasteiger partial charge in [-0.25, -0.2) is 4.98 Å². The van der Waals surface area contributed by atoms with E-state index in [4.69, 9.17) is 9.47 Å². The molecule has 0 saturated heterocycles. The second kappa shape index (κ2) is 9.33. The fourth-order valence-corrected chi connectivity index (χ4v) is 2.55. The lowest BCUT2D eigenvalue weighted by Crippen LogP contribution is -2.29. The molecule has 0 spiro atoms. The summed E-state index contributed by atoms with van der Waals surface area (Å²) >= 11 is 1.06. The molecule has 0 bridgehead atoms. The van der Waals surface area contributed by atoms with E-state index in [2.05, 4.69) is 10.3 Å². The molecule has 0 atom stereocenters. The number of rotatable bonds is 8. The monoisotopic (exact) mass is 386 g/mol. The molecule has 1 N–H and O–H groups in total. The highest BCUT2D eigenvalue weighted by Gasteiger charge is 2.30. The normalized spacial score (nSPS) is 11.1. The maximum atomic E-state index is 12.4. The number of nitrogens with one attached hydrogen (secondary N) is 1. The number of thioether (sulfide) groups is 1. The van der Waals surface area contributed by atoms with Crippen molar-refractivity contribution in [2.45, 2.75) is 11.2 Å². The molecule has 5 nitrogen and oxygen atoms in total. The largest absolute Gasteiger partial charge is 0.497 e. The first-order valence-electron chi connectivity index (χ1n) is 7.58. The van der Waals surface area contributed by atoms with E-state index < -0.39 is 11.7 Å². The molecular formula is C17H17F3N2O3S. The average molecular weight is 386 g/mol. The Kier molecular flexibility index (Phi) is 7.14. The minimum atomic E-state index is -4.42. The van der Waals surface area contributed by atoms with Crippen LogP contribution in [0.3, 0.4) is 0 Å². The Hall–Kier alpha value is -2.42. The van der Waals surface area contributed by atoms with Gasteiger partial charge >= 0.3 is 6.18 Å². The van der Waals surface area contributed by atoms with E-state index >= 15 is 0 Å². The number of benzene rings is 1. The summed E-state index contributed by atoms with van der Waals surface area (Å²) in [6, 6.07) is 9.27. The van der Waals surface area contributed by atoms with Gasteiger partial charge in [-0.15, -0.1) is 0 Å². The van der Waals surface area contributed by atoms with Crippen LogP contribution in [0.1, 0.15) is 5.56 Å². The Morgan fingerprint density at radius 3 is 2.65 bits per heavy atom. The van der Waals surface area contributed by atoms with Gasteiger partial charge in [-0.3, -0.25) is 4.79 Å². The number of carbonyl (C=O) groups is 1. The lowest BCUT2D eigenvalue weighted by molar-refractivity contribution is -0.137. The summed E-state index contributed by atoms with van der Waals surface area (Å²) in [5.41, 5.74) is -0.819. The molecule has 1 aromatic carbocycles. The molecule has 0 saturated carbocycles. The van der Waals surface area contributed by atoms with Crippen LogP contribution in [0.4, 0.5) is 13.2 Å². The van der Waals surface area contributed by atoms with E-state index in [1.807, 2.05) is 0 Å². The number of aromatic nitrogens is 1. The highest BCUT2D eigenvalue weighted by molar-refractivity contribution is 7.99. The SMILES string of the molecule is COc1cccc(OCCNC(=O)CSc2ccc(C(F)(F)F)cn2)c1. The number of amides is 1. The second-order valence-electron chi connectivity index (χ2n) is 5.05. The molecular weight excluding hydrogens is 369 g/mol. The van der Waals surface area contributed by atoms with E-state index in [9.17, 15) is 18.0 Å². The third-order valence-corrected chi connectivity index (χ3v) is 4.09. The Morgan fingerprint density at radius 2 is 2.00 bits per heavy atom. The lowest BCUT2D eigenvalue weighted by atomic mass is 10.3. The van der Waals surface area contributed by atoms with E-state index in [-0.39, 0.29) is 18.3 Å². The molecule has 2 rings (SSSR count). The van der Waals surface area contributed by atoms with E-state index in [1.54, 1.807) is 31.4 Å². The van der Waals surface area contributed by atoms with Crippen LogP contribution in [0.25, 0.3) is 0 Å². The molecule has 2 aromatic rings. The van der Waals surface area contributed by atoms with E-state index in [0.717, 1.165) is 24.0 Å². The minimum Gasteiger partial charge on any atom is -0.497 e. The van der Waals surface area contributed by atoms with Gasteiger partial charge < -0.3 is 14.8 Å². The second-order valence-corrected chi connectivity index (χ2v) is 6.04. The van der Waals surface area contributed by atoms with Gasteiger partial charge in [-0.2, -0.15) is 13.2 Å². The van der Waals surface area contributed by atoms with Crippen LogP contribution in [0.15, 0.2) is 47.6 Å². The predicted molar refractivity (Wildman–Crippen MR) is 91.5 cm³/mol. The highest BCUT2D eigenvalue weighted by Crippen LogP contribution is 2.29. The lowest BCUT2D eigenvalue weighted by Gasteiger charge is -2.09. The first-order valence-corrected chi connectivity index (χ1v) is 8.56. The Bertz CT molecular complexity index is 724. The van der Waals surface area contributed by atoms with Gasteiger partial charge in [0.15, 0.2) is 0 Å². The van der Waals surface area contributed by atoms with Gasteiger partial charge in [0.2, 0.25) is 5.91 Å². The molecule has 1 aromatic heterocycles. The summed E-state index contributed by atoms with van der Waals surface area (Å²) < 4.78 is 47.9. The number of methoxy groups -OCH3 is 1. The molecule has 0 unspecified atom stereocenters. The van der Waals surface area contributed by atoms with Gasteiger partial charge in [0.05, 0.1) is 30.0 Å². The smallest absolute Gasteiger partial charge is 0.417 e. The third-order valence-electron chi connectivity index (χ3n) is 3.15. The van der Waals surface area contributed by atoms with Crippen LogP contribution in [-0.2, 0) is 11.0 Å². The van der Waals surface area contributed by atoms with Crippen molar-refractivity contribution >= 4 is 17.7 Å². The van der Waals surface area contributed by atoms with E-state index in [0.29, 0.717) is 23.1 Å². The van der Waals surface area contributed by atoms with Crippen molar-refractivity contribution in [3.8, 4) is 11.5 Å². The summed E-state index contributed by atoms with van der Waals surface area (Å²) in [6.07, 6.45) is -3.67. The van der Waals surface area contributed by atoms with Crippen LogP contribution in [0.5, 0.6) is 11.5 Å². The average Bonchev–Trinajstić information content (AvgIpc) is 2.63. The first kappa shape index (κ1) is 19.9. The van der Waals surface area contributed by atoms with Crippen molar-refractivity contribution in [3.05, 3.63) is 48.2 Å². The fraction of sp³-hybridized carbons (Fsp3) is 0.294. The van der Waals surface area contributed by atoms with Crippen molar-refractivity contribution in [2.75, 3.05) is 26.0 Å². The summed E-state index contributed by atoms with van der Waals surface area (Å²) in [6.45, 7) is 0.582. The number of hydrogen-bond donors (Lipinski definition) is 1. The molecule has 0 radical (unpaired) electrons. The number of nitrogens with zero attached hydrogens (tertiary/aromatic N) is 1. The van der Waals surface area contributed by atoms with Crippen LogP contribution in [0, 0.1) is 0 Å². The van der Waals surface area contributed by atoms with Crippen molar-refractivity contribution in [1.29, 1.82) is 0 Å². The summed E-state index contributed by atoms with van der Waals surface area (Å²) in [5, 5.41) is 3.01. The predicted octanol–water partition coefficient (Wildman–Crippen LogP) is 3.40. The molecule has 1 amide bonds. The molecule has 26 heavy (non-hydrogen) atoms. The van der Waals surface area contributed by atoms with Crippen molar-refractivity contribution in [2.24, 2.45) is 0 Å². The molecule has 0 aliphatic rings. The van der Waals surface area contributed by atoms with Crippen molar-refractivity contribution in [1.82, 2.24) is 10.3 Å². The molecule has 140 valence electrons. The molecule has 0 aliphatic carbocycles. The standard InChI is InChI=1S/C17H17F3N2O3S/c1-24-13-3-2-4-14(9-13)25-8-7-21-15(23)11-26-16-6-5-12(10-22-16)17(18,19)20/h2-6,9-10H,7-8,11H2,1H3,(H,21,23). The Labute approximate surface area is 152 Å². The third kappa shape index (κ3) is 6.47. The van der Waals surface area contributed by atoms with E-state index in [1.165, 1.54) is 6.07 Å². The minimum absolute atomic E-state index is 0.0531. The zero-order chi connectivity index (χ0) is 19.0. The summed E-state index contributed by atoms with van der Waals surface area (Å²) in [4.78, 5) is 15.4. The first-order chi connectivity index (χ1) is 12.4.